The third kappa shape index (κ3) is 4.84. The number of halogens is 3. The van der Waals surface area contributed by atoms with Crippen LogP contribution < -0.4 is 0 Å². The van der Waals surface area contributed by atoms with E-state index in [2.05, 4.69) is 16.7 Å². The molecule has 22 heavy (non-hydrogen) atoms. The zero-order chi connectivity index (χ0) is 16.2. The van der Waals surface area contributed by atoms with E-state index in [1.807, 2.05) is 0 Å². The molecule has 0 spiro atoms. The summed E-state index contributed by atoms with van der Waals surface area (Å²) in [7, 11) is 0. The Morgan fingerprint density at radius 2 is 1.82 bits per heavy atom. The monoisotopic (exact) mass is 321 g/mol. The summed E-state index contributed by atoms with van der Waals surface area (Å²) >= 11 is 0. The fourth-order valence-electron chi connectivity index (χ4n) is 3.31. The fourth-order valence-corrected chi connectivity index (χ4v) is 3.31. The van der Waals surface area contributed by atoms with Crippen LogP contribution in [0.4, 0.5) is 13.2 Å². The SMILES string of the molecule is CCCCN1CCN([C@@H]2CCCN(CC(F)(F)F)C2=O)CC1. The van der Waals surface area contributed by atoms with Crippen LogP contribution in [0.25, 0.3) is 0 Å². The van der Waals surface area contributed by atoms with E-state index < -0.39 is 12.7 Å². The molecule has 2 rings (SSSR count). The van der Waals surface area contributed by atoms with Gasteiger partial charge in [-0.2, -0.15) is 13.2 Å². The number of alkyl halides is 3. The molecule has 128 valence electrons. The van der Waals surface area contributed by atoms with E-state index in [0.717, 1.165) is 44.0 Å². The van der Waals surface area contributed by atoms with E-state index in [1.165, 1.54) is 6.42 Å². The maximum atomic E-state index is 12.5. The number of likely N-dealkylation sites (tertiary alicyclic amines) is 1. The Hall–Kier alpha value is -0.820. The number of piperazine rings is 1. The van der Waals surface area contributed by atoms with Gasteiger partial charge in [0.15, 0.2) is 0 Å². The van der Waals surface area contributed by atoms with E-state index in [-0.39, 0.29) is 18.5 Å². The highest BCUT2D eigenvalue weighted by Crippen LogP contribution is 2.23. The van der Waals surface area contributed by atoms with Crippen molar-refractivity contribution < 1.29 is 18.0 Å². The number of unbranched alkanes of at least 4 members (excludes halogenated alkanes) is 1. The molecule has 0 bridgehead atoms. The minimum Gasteiger partial charge on any atom is -0.332 e. The van der Waals surface area contributed by atoms with Gasteiger partial charge in [-0.1, -0.05) is 13.3 Å². The number of rotatable bonds is 5. The highest BCUT2D eigenvalue weighted by Gasteiger charge is 2.39. The first-order valence-electron chi connectivity index (χ1n) is 8.22. The quantitative estimate of drug-likeness (QED) is 0.774. The van der Waals surface area contributed by atoms with Crippen LogP contribution in [0.5, 0.6) is 0 Å². The molecular weight excluding hydrogens is 295 g/mol. The Kier molecular flexibility index (Phi) is 6.09. The molecule has 2 fully saturated rings. The van der Waals surface area contributed by atoms with Crippen molar-refractivity contribution in [1.82, 2.24) is 14.7 Å². The van der Waals surface area contributed by atoms with Gasteiger partial charge in [-0.15, -0.1) is 0 Å². The molecule has 2 heterocycles. The first-order chi connectivity index (χ1) is 10.4. The lowest BCUT2D eigenvalue weighted by atomic mass is 10.0. The summed E-state index contributed by atoms with van der Waals surface area (Å²) in [4.78, 5) is 17.8. The Morgan fingerprint density at radius 1 is 1.14 bits per heavy atom. The smallest absolute Gasteiger partial charge is 0.332 e. The third-order valence-electron chi connectivity index (χ3n) is 4.55. The minimum absolute atomic E-state index is 0.227. The molecule has 0 radical (unpaired) electrons. The average molecular weight is 321 g/mol. The summed E-state index contributed by atoms with van der Waals surface area (Å²) in [6.07, 6.45) is -0.642. The summed E-state index contributed by atoms with van der Waals surface area (Å²) in [5.74, 6) is -0.342. The van der Waals surface area contributed by atoms with Gasteiger partial charge in [0.25, 0.3) is 0 Å². The van der Waals surface area contributed by atoms with Crippen molar-refractivity contribution in [3.8, 4) is 0 Å². The number of nitrogens with zero attached hydrogens (tertiary/aromatic N) is 3. The Labute approximate surface area is 130 Å². The third-order valence-corrected chi connectivity index (χ3v) is 4.55. The van der Waals surface area contributed by atoms with Crippen LogP contribution in [0.3, 0.4) is 0 Å². The van der Waals surface area contributed by atoms with Crippen LogP contribution in [-0.2, 0) is 4.79 Å². The zero-order valence-corrected chi connectivity index (χ0v) is 13.2. The predicted octanol–water partition coefficient (Wildman–Crippen LogP) is 1.96. The molecule has 0 aromatic carbocycles. The van der Waals surface area contributed by atoms with Gasteiger partial charge in [0, 0.05) is 32.7 Å². The van der Waals surface area contributed by atoms with Gasteiger partial charge in [0.2, 0.25) is 5.91 Å². The van der Waals surface area contributed by atoms with E-state index in [1.54, 1.807) is 0 Å². The maximum absolute atomic E-state index is 12.5. The van der Waals surface area contributed by atoms with Crippen LogP contribution in [0.15, 0.2) is 0 Å². The van der Waals surface area contributed by atoms with E-state index in [4.69, 9.17) is 0 Å². The second-order valence-electron chi connectivity index (χ2n) is 6.26. The van der Waals surface area contributed by atoms with Crippen LogP contribution in [0.2, 0.25) is 0 Å². The highest BCUT2D eigenvalue weighted by molar-refractivity contribution is 5.82. The molecule has 0 saturated carbocycles. The van der Waals surface area contributed by atoms with Gasteiger partial charge >= 0.3 is 6.18 Å². The van der Waals surface area contributed by atoms with Crippen molar-refractivity contribution >= 4 is 5.91 Å². The lowest BCUT2D eigenvalue weighted by Gasteiger charge is -2.42. The number of hydrogen-bond donors (Lipinski definition) is 0. The summed E-state index contributed by atoms with van der Waals surface area (Å²) in [5, 5.41) is 0. The van der Waals surface area contributed by atoms with Gasteiger partial charge in [-0.05, 0) is 25.8 Å². The van der Waals surface area contributed by atoms with Crippen molar-refractivity contribution in [2.24, 2.45) is 0 Å². The minimum atomic E-state index is -4.31. The van der Waals surface area contributed by atoms with E-state index >= 15 is 0 Å². The number of carbonyl (C=O) groups is 1. The van der Waals surface area contributed by atoms with Gasteiger partial charge in [-0.3, -0.25) is 9.69 Å². The lowest BCUT2D eigenvalue weighted by molar-refractivity contribution is -0.168. The summed E-state index contributed by atoms with van der Waals surface area (Å²) in [5.41, 5.74) is 0. The molecule has 2 aliphatic heterocycles. The number of hydrogen-bond acceptors (Lipinski definition) is 3. The molecule has 1 amide bonds. The van der Waals surface area contributed by atoms with Crippen molar-refractivity contribution in [1.29, 1.82) is 0 Å². The summed E-state index contributed by atoms with van der Waals surface area (Å²) < 4.78 is 37.6. The largest absolute Gasteiger partial charge is 0.406 e. The van der Waals surface area contributed by atoms with Crippen LogP contribution in [0.1, 0.15) is 32.6 Å². The molecule has 0 unspecified atom stereocenters. The fraction of sp³-hybridized carbons (Fsp3) is 0.933. The molecule has 0 N–H and O–H groups in total. The molecule has 1 atom stereocenters. The van der Waals surface area contributed by atoms with Gasteiger partial charge in [0.05, 0.1) is 6.04 Å². The summed E-state index contributed by atoms with van der Waals surface area (Å²) in [6, 6.07) is -0.357. The Balaban J connectivity index is 1.86. The molecular formula is C15H26F3N3O. The second-order valence-corrected chi connectivity index (χ2v) is 6.26. The average Bonchev–Trinajstić information content (AvgIpc) is 2.47. The van der Waals surface area contributed by atoms with Crippen molar-refractivity contribution in [2.75, 3.05) is 45.8 Å². The van der Waals surface area contributed by atoms with E-state index in [0.29, 0.717) is 12.8 Å². The highest BCUT2D eigenvalue weighted by atomic mass is 19.4. The lowest BCUT2D eigenvalue weighted by Crippen LogP contribution is -2.58. The Bertz CT molecular complexity index is 368. The second kappa shape index (κ2) is 7.64. The van der Waals surface area contributed by atoms with Crippen molar-refractivity contribution in [3.05, 3.63) is 0 Å². The molecule has 0 aromatic rings. The van der Waals surface area contributed by atoms with Crippen molar-refractivity contribution in [3.63, 3.8) is 0 Å². The first-order valence-corrected chi connectivity index (χ1v) is 8.22. The topological polar surface area (TPSA) is 26.8 Å². The van der Waals surface area contributed by atoms with Gasteiger partial charge < -0.3 is 9.80 Å². The standard InChI is InChI=1S/C15H26F3N3O/c1-2-3-6-19-8-10-20(11-9-19)13-5-4-7-21(14(13)22)12-15(16,17)18/h13H,2-12H2,1H3/t13-/m1/s1. The van der Waals surface area contributed by atoms with Crippen LogP contribution in [0, 0.1) is 0 Å². The molecule has 4 nitrogen and oxygen atoms in total. The van der Waals surface area contributed by atoms with Crippen LogP contribution in [-0.4, -0.2) is 78.6 Å². The molecule has 2 aliphatic rings. The van der Waals surface area contributed by atoms with Crippen molar-refractivity contribution in [2.45, 2.75) is 44.8 Å². The van der Waals surface area contributed by atoms with Gasteiger partial charge in [-0.25, -0.2) is 0 Å². The van der Waals surface area contributed by atoms with Gasteiger partial charge in [0.1, 0.15) is 6.54 Å². The molecule has 0 aromatic heterocycles. The first kappa shape index (κ1) is 17.5. The van der Waals surface area contributed by atoms with Crippen LogP contribution >= 0.6 is 0 Å². The Morgan fingerprint density at radius 3 is 2.41 bits per heavy atom. The molecule has 7 heteroatoms. The zero-order valence-electron chi connectivity index (χ0n) is 13.2. The number of carbonyl (C=O) groups excluding carboxylic acids is 1. The predicted molar refractivity (Wildman–Crippen MR) is 78.6 cm³/mol. The summed E-state index contributed by atoms with van der Waals surface area (Å²) in [6.45, 7) is 5.71. The molecule has 0 aliphatic carbocycles. The number of piperidine rings is 1. The number of amides is 1. The van der Waals surface area contributed by atoms with E-state index in [9.17, 15) is 18.0 Å². The maximum Gasteiger partial charge on any atom is 0.406 e. The molecule has 2 saturated heterocycles. The normalized spacial score (nSPS) is 25.7.